The molecular formula is C25H32ClN3O6S. The Kier molecular flexibility index (Phi) is 9.44. The lowest BCUT2D eigenvalue weighted by atomic mass is 10.1. The van der Waals surface area contributed by atoms with Crippen molar-refractivity contribution in [1.29, 1.82) is 0 Å². The predicted molar refractivity (Wildman–Crippen MR) is 139 cm³/mol. The summed E-state index contributed by atoms with van der Waals surface area (Å²) in [6, 6.07) is 11.3. The molecule has 3 rings (SSSR count). The van der Waals surface area contributed by atoms with Gasteiger partial charge >= 0.3 is 0 Å². The number of nitrogens with zero attached hydrogens (tertiary/aromatic N) is 2. The van der Waals surface area contributed by atoms with Crippen molar-refractivity contribution in [2.45, 2.75) is 39.3 Å². The Bertz CT molecular complexity index is 1170. The van der Waals surface area contributed by atoms with Crippen molar-refractivity contribution in [3.63, 3.8) is 0 Å². The molecule has 0 fully saturated rings. The van der Waals surface area contributed by atoms with Gasteiger partial charge in [0, 0.05) is 37.1 Å². The van der Waals surface area contributed by atoms with Gasteiger partial charge in [-0.25, -0.2) is 8.42 Å². The predicted octanol–water partition coefficient (Wildman–Crippen LogP) is 3.21. The molecule has 1 N–H and O–H groups in total. The molecule has 1 atom stereocenters. The van der Waals surface area contributed by atoms with Gasteiger partial charge in [0.15, 0.2) is 11.5 Å². The lowest BCUT2D eigenvalue weighted by molar-refractivity contribution is -0.140. The summed E-state index contributed by atoms with van der Waals surface area (Å²) in [7, 11) is -3.62. The third kappa shape index (κ3) is 7.27. The van der Waals surface area contributed by atoms with Crippen LogP contribution in [0.4, 0.5) is 5.69 Å². The molecule has 1 unspecified atom stereocenters. The zero-order valence-corrected chi connectivity index (χ0v) is 22.3. The Morgan fingerprint density at radius 1 is 1.08 bits per heavy atom. The Labute approximate surface area is 217 Å². The normalized spacial score (nSPS) is 13.6. The molecule has 36 heavy (non-hydrogen) atoms. The molecule has 0 bridgehead atoms. The molecule has 0 spiro atoms. The molecule has 0 radical (unpaired) electrons. The maximum atomic E-state index is 13.2. The molecule has 0 saturated carbocycles. The number of carbonyl (C=O) groups excluding carboxylic acids is 2. The number of benzene rings is 2. The number of sulfonamides is 1. The van der Waals surface area contributed by atoms with Crippen LogP contribution in [0.5, 0.6) is 11.5 Å². The minimum atomic E-state index is -3.62. The second-order valence-electron chi connectivity index (χ2n) is 8.49. The summed E-state index contributed by atoms with van der Waals surface area (Å²) in [6.45, 7) is 5.08. The zero-order valence-electron chi connectivity index (χ0n) is 20.7. The van der Waals surface area contributed by atoms with Crippen LogP contribution >= 0.6 is 11.6 Å². The summed E-state index contributed by atoms with van der Waals surface area (Å²) in [5, 5.41) is 3.33. The third-order valence-electron chi connectivity index (χ3n) is 5.75. The number of likely N-dealkylation sites (N-methyl/N-ethyl adjacent to an activating group) is 1. The fourth-order valence-corrected chi connectivity index (χ4v) is 4.97. The Hall–Kier alpha value is -2.98. The maximum absolute atomic E-state index is 13.2. The van der Waals surface area contributed by atoms with E-state index in [0.717, 1.165) is 11.8 Å². The van der Waals surface area contributed by atoms with E-state index in [4.69, 9.17) is 21.1 Å². The number of nitrogens with one attached hydrogen (secondary N) is 1. The van der Waals surface area contributed by atoms with Crippen molar-refractivity contribution >= 4 is 39.1 Å². The van der Waals surface area contributed by atoms with Gasteiger partial charge in [0.25, 0.3) is 0 Å². The van der Waals surface area contributed by atoms with Crippen LogP contribution in [0.25, 0.3) is 0 Å². The fraction of sp³-hybridized carbons (Fsp3) is 0.440. The highest BCUT2D eigenvalue weighted by atomic mass is 35.5. The monoisotopic (exact) mass is 537 g/mol. The van der Waals surface area contributed by atoms with E-state index in [1.54, 1.807) is 49.4 Å². The molecule has 1 aliphatic heterocycles. The highest BCUT2D eigenvalue weighted by molar-refractivity contribution is 7.92. The van der Waals surface area contributed by atoms with E-state index in [2.05, 4.69) is 5.32 Å². The summed E-state index contributed by atoms with van der Waals surface area (Å²) in [5.41, 5.74) is 1.26. The molecular weight excluding hydrogens is 506 g/mol. The minimum Gasteiger partial charge on any atom is -0.486 e. The van der Waals surface area contributed by atoms with E-state index in [0.29, 0.717) is 42.0 Å². The quantitative estimate of drug-likeness (QED) is 0.472. The zero-order chi connectivity index (χ0) is 26.3. The average Bonchev–Trinajstić information content (AvgIpc) is 2.85. The van der Waals surface area contributed by atoms with Crippen molar-refractivity contribution in [1.82, 2.24) is 10.2 Å². The molecule has 0 saturated heterocycles. The fourth-order valence-electron chi connectivity index (χ4n) is 3.88. The first-order chi connectivity index (χ1) is 17.1. The molecule has 0 aliphatic carbocycles. The van der Waals surface area contributed by atoms with Gasteiger partial charge in [-0.2, -0.15) is 0 Å². The van der Waals surface area contributed by atoms with Gasteiger partial charge in [0.1, 0.15) is 19.3 Å². The van der Waals surface area contributed by atoms with Crippen LogP contribution in [-0.4, -0.2) is 63.7 Å². The van der Waals surface area contributed by atoms with Gasteiger partial charge in [0.2, 0.25) is 21.8 Å². The molecule has 196 valence electrons. The van der Waals surface area contributed by atoms with Gasteiger partial charge in [-0.3, -0.25) is 13.9 Å². The number of halogens is 1. The first-order valence-corrected chi connectivity index (χ1v) is 14.0. The van der Waals surface area contributed by atoms with Crippen LogP contribution in [0.15, 0.2) is 42.5 Å². The van der Waals surface area contributed by atoms with Crippen molar-refractivity contribution in [3.8, 4) is 11.5 Å². The average molecular weight is 538 g/mol. The largest absolute Gasteiger partial charge is 0.486 e. The van der Waals surface area contributed by atoms with E-state index < -0.39 is 16.1 Å². The van der Waals surface area contributed by atoms with Crippen LogP contribution in [0.3, 0.4) is 0 Å². The van der Waals surface area contributed by atoms with Gasteiger partial charge in [0.05, 0.1) is 11.9 Å². The summed E-state index contributed by atoms with van der Waals surface area (Å²) in [5.74, 6) is 0.535. The molecule has 2 amide bonds. The molecule has 0 aromatic heterocycles. The summed E-state index contributed by atoms with van der Waals surface area (Å²) in [4.78, 5) is 27.3. The number of rotatable bonds is 11. The standard InChI is InChI=1S/C25H32ClN3O6S/c1-4-27-25(31)18(2)28(17-19-7-9-20(26)10-8-19)24(30)6-5-13-29(36(3,32)33)21-11-12-22-23(16-21)35-15-14-34-22/h7-12,16,18H,4-6,13-15,17H2,1-3H3,(H,27,31). The first-order valence-electron chi connectivity index (χ1n) is 11.8. The van der Waals surface area contributed by atoms with Crippen LogP contribution in [0.1, 0.15) is 32.3 Å². The minimum absolute atomic E-state index is 0.0634. The number of hydrogen-bond acceptors (Lipinski definition) is 6. The first kappa shape index (κ1) is 27.6. The number of anilines is 1. The molecule has 11 heteroatoms. The highest BCUT2D eigenvalue weighted by Crippen LogP contribution is 2.34. The Balaban J connectivity index is 1.72. The molecule has 2 aromatic carbocycles. The van der Waals surface area contributed by atoms with Crippen LogP contribution < -0.4 is 19.1 Å². The van der Waals surface area contributed by atoms with Gasteiger partial charge < -0.3 is 19.7 Å². The van der Waals surface area contributed by atoms with Crippen molar-refractivity contribution in [3.05, 3.63) is 53.1 Å². The number of amides is 2. The van der Waals surface area contributed by atoms with E-state index in [1.807, 2.05) is 6.92 Å². The second-order valence-corrected chi connectivity index (χ2v) is 10.8. The molecule has 2 aromatic rings. The van der Waals surface area contributed by atoms with Gasteiger partial charge in [-0.05, 0) is 50.1 Å². The summed E-state index contributed by atoms with van der Waals surface area (Å²) < 4.78 is 37.4. The SMILES string of the molecule is CCNC(=O)C(C)N(Cc1ccc(Cl)cc1)C(=O)CCCN(c1ccc2c(c1)OCCO2)S(C)(=O)=O. The number of hydrogen-bond donors (Lipinski definition) is 1. The van der Waals surface area contributed by atoms with Gasteiger partial charge in [-0.15, -0.1) is 0 Å². The maximum Gasteiger partial charge on any atom is 0.242 e. The smallest absolute Gasteiger partial charge is 0.242 e. The molecule has 1 aliphatic rings. The number of carbonyl (C=O) groups is 2. The van der Waals surface area contributed by atoms with Crippen LogP contribution in [0.2, 0.25) is 5.02 Å². The number of ether oxygens (including phenoxy) is 2. The van der Waals surface area contributed by atoms with Crippen molar-refractivity contribution in [2.75, 3.05) is 36.9 Å². The van der Waals surface area contributed by atoms with Crippen molar-refractivity contribution < 1.29 is 27.5 Å². The van der Waals surface area contributed by atoms with E-state index in [9.17, 15) is 18.0 Å². The number of fused-ring (bicyclic) bond motifs is 1. The Morgan fingerprint density at radius 3 is 2.39 bits per heavy atom. The highest BCUT2D eigenvalue weighted by Gasteiger charge is 2.27. The lowest BCUT2D eigenvalue weighted by Crippen LogP contribution is -2.47. The molecule has 1 heterocycles. The topological polar surface area (TPSA) is 105 Å². The van der Waals surface area contributed by atoms with Crippen molar-refractivity contribution in [2.24, 2.45) is 0 Å². The lowest BCUT2D eigenvalue weighted by Gasteiger charge is -2.29. The third-order valence-corrected chi connectivity index (χ3v) is 7.20. The van der Waals surface area contributed by atoms with Crippen LogP contribution in [0, 0.1) is 0 Å². The molecule has 9 nitrogen and oxygen atoms in total. The second kappa shape index (κ2) is 12.3. The van der Waals surface area contributed by atoms with Crippen LogP contribution in [-0.2, 0) is 26.2 Å². The van der Waals surface area contributed by atoms with Gasteiger partial charge in [-0.1, -0.05) is 23.7 Å². The summed E-state index contributed by atoms with van der Waals surface area (Å²) in [6.07, 6.45) is 1.45. The van der Waals surface area contributed by atoms with E-state index >= 15 is 0 Å². The van der Waals surface area contributed by atoms with E-state index in [1.165, 1.54) is 9.21 Å². The Morgan fingerprint density at radius 2 is 1.75 bits per heavy atom. The summed E-state index contributed by atoms with van der Waals surface area (Å²) >= 11 is 5.98. The van der Waals surface area contributed by atoms with E-state index in [-0.39, 0.29) is 37.7 Å².